The van der Waals surface area contributed by atoms with Gasteiger partial charge in [0, 0.05) is 13.1 Å². The first-order valence-electron chi connectivity index (χ1n) is 6.81. The third-order valence-corrected chi connectivity index (χ3v) is 4.36. The molecule has 1 heterocycles. The summed E-state index contributed by atoms with van der Waals surface area (Å²) in [7, 11) is -2.40. The number of nitro benzene ring substituents is 1. The van der Waals surface area contributed by atoms with Gasteiger partial charge in [0.05, 0.1) is 28.6 Å². The van der Waals surface area contributed by atoms with Crippen molar-refractivity contribution in [3.8, 4) is 0 Å². The smallest absolute Gasteiger partial charge is 0.293 e. The Hall–Kier alpha value is -1.75. The SMILES string of the molecule is CN(c1ccc(S(N)(=O)=O)cc1[N+](=O)[O-])[C@@H]1COCC(C)(C)O1. The summed E-state index contributed by atoms with van der Waals surface area (Å²) in [6.45, 7) is 4.37. The molecular weight excluding hydrogens is 326 g/mol. The second-order valence-corrected chi connectivity index (χ2v) is 7.47. The molecule has 10 heteroatoms. The number of nitro groups is 1. The Labute approximate surface area is 134 Å². The molecule has 0 bridgehead atoms. The zero-order valence-electron chi connectivity index (χ0n) is 13.1. The zero-order valence-corrected chi connectivity index (χ0v) is 13.9. The van der Waals surface area contributed by atoms with E-state index in [1.807, 2.05) is 13.8 Å². The minimum Gasteiger partial charge on any atom is -0.374 e. The monoisotopic (exact) mass is 345 g/mol. The fourth-order valence-corrected chi connectivity index (χ4v) is 2.85. The highest BCUT2D eigenvalue weighted by atomic mass is 32.2. The zero-order chi connectivity index (χ0) is 17.4. The summed E-state index contributed by atoms with van der Waals surface area (Å²) in [4.78, 5) is 11.9. The Bertz CT molecular complexity index is 718. The van der Waals surface area contributed by atoms with E-state index < -0.39 is 26.8 Å². The molecule has 1 saturated heterocycles. The van der Waals surface area contributed by atoms with Crippen molar-refractivity contribution in [3.63, 3.8) is 0 Å². The van der Waals surface area contributed by atoms with E-state index in [1.54, 1.807) is 11.9 Å². The van der Waals surface area contributed by atoms with Gasteiger partial charge in [0.15, 0.2) is 6.23 Å². The molecule has 1 aliphatic heterocycles. The molecule has 0 spiro atoms. The van der Waals surface area contributed by atoms with Crippen LogP contribution in [0.15, 0.2) is 23.1 Å². The van der Waals surface area contributed by atoms with Gasteiger partial charge in [0.25, 0.3) is 5.69 Å². The molecule has 0 unspecified atom stereocenters. The number of benzene rings is 1. The molecule has 2 rings (SSSR count). The molecule has 0 aromatic heterocycles. The largest absolute Gasteiger partial charge is 0.374 e. The van der Waals surface area contributed by atoms with Crippen molar-refractivity contribution >= 4 is 21.4 Å². The molecule has 1 aromatic rings. The van der Waals surface area contributed by atoms with Crippen LogP contribution in [0.3, 0.4) is 0 Å². The van der Waals surface area contributed by atoms with Gasteiger partial charge in [-0.25, -0.2) is 13.6 Å². The average molecular weight is 345 g/mol. The predicted octanol–water partition coefficient (Wildman–Crippen LogP) is 0.830. The van der Waals surface area contributed by atoms with Gasteiger partial charge in [-0.15, -0.1) is 0 Å². The molecule has 9 nitrogen and oxygen atoms in total. The summed E-state index contributed by atoms with van der Waals surface area (Å²) in [5, 5.41) is 16.3. The Morgan fingerprint density at radius 3 is 2.61 bits per heavy atom. The van der Waals surface area contributed by atoms with E-state index in [0.29, 0.717) is 6.61 Å². The Morgan fingerprint density at radius 2 is 2.09 bits per heavy atom. The molecule has 128 valence electrons. The molecular formula is C13H19N3O6S. The number of hydrogen-bond acceptors (Lipinski definition) is 7. The Kier molecular flexibility index (Phi) is 4.62. The summed E-state index contributed by atoms with van der Waals surface area (Å²) < 4.78 is 34.1. The van der Waals surface area contributed by atoms with E-state index >= 15 is 0 Å². The molecule has 1 fully saturated rings. The molecule has 0 aliphatic carbocycles. The van der Waals surface area contributed by atoms with Gasteiger partial charge < -0.3 is 14.4 Å². The lowest BCUT2D eigenvalue weighted by Gasteiger charge is -2.40. The number of anilines is 1. The molecule has 0 saturated carbocycles. The summed E-state index contributed by atoms with van der Waals surface area (Å²) in [5.41, 5.74) is -0.674. The van der Waals surface area contributed by atoms with Gasteiger partial charge in [0.2, 0.25) is 10.0 Å². The first-order valence-corrected chi connectivity index (χ1v) is 8.35. The first kappa shape index (κ1) is 17.6. The quantitative estimate of drug-likeness (QED) is 0.633. The fraction of sp³-hybridized carbons (Fsp3) is 0.538. The lowest BCUT2D eigenvalue weighted by atomic mass is 10.1. The van der Waals surface area contributed by atoms with E-state index in [2.05, 4.69) is 0 Å². The minimum atomic E-state index is -4.02. The van der Waals surface area contributed by atoms with Crippen molar-refractivity contribution in [1.29, 1.82) is 0 Å². The van der Waals surface area contributed by atoms with Gasteiger partial charge in [-0.2, -0.15) is 0 Å². The standard InChI is InChI=1S/C13H19N3O6S/c1-13(2)8-21-7-12(22-13)15(3)10-5-4-9(23(14,19)20)6-11(10)16(17)18/h4-6,12H,7-8H2,1-3H3,(H2,14,19,20)/t12-/m0/s1. The van der Waals surface area contributed by atoms with Crippen molar-refractivity contribution in [2.24, 2.45) is 5.14 Å². The summed E-state index contributed by atoms with van der Waals surface area (Å²) in [6, 6.07) is 3.50. The second kappa shape index (κ2) is 6.04. The van der Waals surface area contributed by atoms with Crippen LogP contribution in [0.1, 0.15) is 13.8 Å². The lowest BCUT2D eigenvalue weighted by molar-refractivity contribution is -0.384. The Morgan fingerprint density at radius 1 is 1.43 bits per heavy atom. The van der Waals surface area contributed by atoms with E-state index in [1.165, 1.54) is 12.1 Å². The summed E-state index contributed by atoms with van der Waals surface area (Å²) >= 11 is 0. The normalized spacial score (nSPS) is 21.0. The van der Waals surface area contributed by atoms with E-state index in [-0.39, 0.29) is 22.9 Å². The number of hydrogen-bond donors (Lipinski definition) is 1. The number of rotatable bonds is 4. The van der Waals surface area contributed by atoms with Crippen LogP contribution in [-0.2, 0) is 19.5 Å². The van der Waals surface area contributed by atoms with E-state index in [9.17, 15) is 18.5 Å². The van der Waals surface area contributed by atoms with Crippen LogP contribution >= 0.6 is 0 Å². The third-order valence-electron chi connectivity index (χ3n) is 3.45. The molecule has 1 aliphatic rings. The van der Waals surface area contributed by atoms with Gasteiger partial charge in [-0.3, -0.25) is 10.1 Å². The van der Waals surface area contributed by atoms with Crippen LogP contribution < -0.4 is 10.0 Å². The highest BCUT2D eigenvalue weighted by Gasteiger charge is 2.34. The summed E-state index contributed by atoms with van der Waals surface area (Å²) in [5.74, 6) is 0. The number of primary sulfonamides is 1. The first-order chi connectivity index (χ1) is 10.5. The number of ether oxygens (including phenoxy) is 2. The predicted molar refractivity (Wildman–Crippen MR) is 82.6 cm³/mol. The highest BCUT2D eigenvalue weighted by Crippen LogP contribution is 2.33. The number of nitrogens with zero attached hydrogens (tertiary/aromatic N) is 2. The molecule has 2 N–H and O–H groups in total. The maximum atomic E-state index is 11.4. The third kappa shape index (κ3) is 3.96. The summed E-state index contributed by atoms with van der Waals surface area (Å²) in [6.07, 6.45) is -0.530. The average Bonchev–Trinajstić information content (AvgIpc) is 2.43. The van der Waals surface area contributed by atoms with E-state index in [4.69, 9.17) is 14.6 Å². The van der Waals surface area contributed by atoms with Gasteiger partial charge >= 0.3 is 0 Å². The van der Waals surface area contributed by atoms with Crippen LogP contribution in [0.4, 0.5) is 11.4 Å². The van der Waals surface area contributed by atoms with Gasteiger partial charge in [-0.05, 0) is 26.0 Å². The van der Waals surface area contributed by atoms with Crippen molar-refractivity contribution in [2.75, 3.05) is 25.2 Å². The number of likely N-dealkylation sites (N-methyl/N-ethyl adjacent to an activating group) is 1. The lowest BCUT2D eigenvalue weighted by Crippen LogP contribution is -2.50. The Balaban J connectivity index is 2.40. The maximum absolute atomic E-state index is 11.4. The maximum Gasteiger partial charge on any atom is 0.293 e. The topological polar surface area (TPSA) is 125 Å². The molecule has 1 atom stereocenters. The van der Waals surface area contributed by atoms with Crippen LogP contribution in [0.25, 0.3) is 0 Å². The van der Waals surface area contributed by atoms with Crippen molar-refractivity contribution in [3.05, 3.63) is 28.3 Å². The number of nitrogens with two attached hydrogens (primary N) is 1. The van der Waals surface area contributed by atoms with Crippen molar-refractivity contribution < 1.29 is 22.8 Å². The van der Waals surface area contributed by atoms with Crippen LogP contribution in [0, 0.1) is 10.1 Å². The molecule has 23 heavy (non-hydrogen) atoms. The molecule has 1 aromatic carbocycles. The fourth-order valence-electron chi connectivity index (χ4n) is 2.31. The minimum absolute atomic E-state index is 0.216. The molecule has 0 radical (unpaired) electrons. The van der Waals surface area contributed by atoms with Crippen molar-refractivity contribution in [2.45, 2.75) is 30.6 Å². The van der Waals surface area contributed by atoms with Crippen LogP contribution in [0.5, 0.6) is 0 Å². The van der Waals surface area contributed by atoms with Gasteiger partial charge in [0.1, 0.15) is 5.69 Å². The van der Waals surface area contributed by atoms with Crippen LogP contribution in [-0.4, -0.2) is 45.4 Å². The van der Waals surface area contributed by atoms with Crippen molar-refractivity contribution in [1.82, 2.24) is 0 Å². The highest BCUT2D eigenvalue weighted by molar-refractivity contribution is 7.89. The van der Waals surface area contributed by atoms with Gasteiger partial charge in [-0.1, -0.05) is 0 Å². The second-order valence-electron chi connectivity index (χ2n) is 5.91. The molecule has 0 amide bonds. The van der Waals surface area contributed by atoms with Crippen LogP contribution in [0.2, 0.25) is 0 Å². The number of sulfonamides is 1. The van der Waals surface area contributed by atoms with E-state index in [0.717, 1.165) is 6.07 Å².